The van der Waals surface area contributed by atoms with Crippen LogP contribution >= 0.6 is 0 Å². The van der Waals surface area contributed by atoms with Crippen LogP contribution in [0, 0.1) is 6.92 Å². The maximum Gasteiger partial charge on any atom is 0.183 e. The van der Waals surface area contributed by atoms with Crippen LogP contribution in [0.15, 0.2) is 23.1 Å². The molecule has 0 radical (unpaired) electrons. The molecular formula is C15H23NO2S. The third kappa shape index (κ3) is 2.56. The van der Waals surface area contributed by atoms with Gasteiger partial charge in [0.2, 0.25) is 0 Å². The summed E-state index contributed by atoms with van der Waals surface area (Å²) in [5.74, 6) is 0. The van der Waals surface area contributed by atoms with Crippen LogP contribution in [0.4, 0.5) is 0 Å². The Balaban J connectivity index is 2.47. The van der Waals surface area contributed by atoms with Crippen LogP contribution in [0.5, 0.6) is 0 Å². The van der Waals surface area contributed by atoms with Crippen LogP contribution in [0.2, 0.25) is 0 Å². The van der Waals surface area contributed by atoms with Gasteiger partial charge < -0.3 is 5.32 Å². The van der Waals surface area contributed by atoms with E-state index in [2.05, 4.69) is 12.2 Å². The molecule has 1 aromatic rings. The molecule has 2 rings (SSSR count). The molecule has 2 atom stereocenters. The summed E-state index contributed by atoms with van der Waals surface area (Å²) >= 11 is 0. The van der Waals surface area contributed by atoms with Gasteiger partial charge in [-0.1, -0.05) is 38.0 Å². The second-order valence-corrected chi connectivity index (χ2v) is 7.48. The summed E-state index contributed by atoms with van der Waals surface area (Å²) in [6.07, 6.45) is 2.62. The maximum absolute atomic E-state index is 12.6. The quantitative estimate of drug-likeness (QED) is 0.902. The van der Waals surface area contributed by atoms with E-state index in [4.69, 9.17) is 0 Å². The van der Waals surface area contributed by atoms with Crippen molar-refractivity contribution in [2.75, 3.05) is 6.54 Å². The first-order valence-electron chi connectivity index (χ1n) is 7.10. The van der Waals surface area contributed by atoms with E-state index < -0.39 is 9.84 Å². The van der Waals surface area contributed by atoms with Gasteiger partial charge in [0.1, 0.15) is 0 Å². The van der Waals surface area contributed by atoms with Gasteiger partial charge in [-0.05, 0) is 37.9 Å². The van der Waals surface area contributed by atoms with Gasteiger partial charge in [0.15, 0.2) is 9.84 Å². The Hall–Kier alpha value is -0.870. The molecule has 0 fully saturated rings. The van der Waals surface area contributed by atoms with Gasteiger partial charge >= 0.3 is 0 Å². The van der Waals surface area contributed by atoms with Crippen molar-refractivity contribution in [3.8, 4) is 0 Å². The van der Waals surface area contributed by atoms with Gasteiger partial charge in [-0.25, -0.2) is 8.42 Å². The molecule has 0 aromatic heterocycles. The second kappa shape index (κ2) is 5.63. The molecule has 4 heteroatoms. The number of hydrogen-bond donors (Lipinski definition) is 1. The number of fused-ring (bicyclic) bond motifs is 1. The minimum Gasteiger partial charge on any atom is -0.309 e. The first-order chi connectivity index (χ1) is 9.02. The van der Waals surface area contributed by atoms with Crippen LogP contribution in [0.3, 0.4) is 0 Å². The van der Waals surface area contributed by atoms with E-state index in [9.17, 15) is 8.42 Å². The number of hydrogen-bond acceptors (Lipinski definition) is 3. The number of nitrogens with one attached hydrogen (secondary N) is 1. The van der Waals surface area contributed by atoms with E-state index in [1.807, 2.05) is 26.0 Å². The molecule has 3 nitrogen and oxygen atoms in total. The number of aryl methyl sites for hydroxylation is 1. The first-order valence-corrected chi connectivity index (χ1v) is 8.64. The molecule has 106 valence electrons. The molecule has 0 amide bonds. The van der Waals surface area contributed by atoms with Gasteiger partial charge in [-0.2, -0.15) is 0 Å². The zero-order valence-electron chi connectivity index (χ0n) is 11.9. The lowest BCUT2D eigenvalue weighted by molar-refractivity contribution is 0.481. The van der Waals surface area contributed by atoms with E-state index in [1.54, 1.807) is 6.07 Å². The highest BCUT2D eigenvalue weighted by Crippen LogP contribution is 2.41. The highest BCUT2D eigenvalue weighted by molar-refractivity contribution is 7.92. The molecule has 0 spiro atoms. The van der Waals surface area contributed by atoms with Gasteiger partial charge in [-0.3, -0.25) is 0 Å². The summed E-state index contributed by atoms with van der Waals surface area (Å²) in [6, 6.07) is 5.65. The molecule has 19 heavy (non-hydrogen) atoms. The van der Waals surface area contributed by atoms with Crippen molar-refractivity contribution in [3.05, 3.63) is 29.3 Å². The van der Waals surface area contributed by atoms with Crippen molar-refractivity contribution in [2.24, 2.45) is 0 Å². The van der Waals surface area contributed by atoms with E-state index in [-0.39, 0.29) is 11.3 Å². The molecular weight excluding hydrogens is 258 g/mol. The third-order valence-corrected chi connectivity index (χ3v) is 6.05. The lowest BCUT2D eigenvalue weighted by atomic mass is 9.99. The predicted octanol–water partition coefficient (Wildman–Crippen LogP) is 2.99. The van der Waals surface area contributed by atoms with Crippen molar-refractivity contribution >= 4 is 9.84 Å². The summed E-state index contributed by atoms with van der Waals surface area (Å²) in [4.78, 5) is 0.533. The average molecular weight is 281 g/mol. The molecule has 1 aliphatic heterocycles. The van der Waals surface area contributed by atoms with Crippen molar-refractivity contribution in [1.29, 1.82) is 0 Å². The van der Waals surface area contributed by atoms with Crippen LogP contribution < -0.4 is 5.32 Å². The fourth-order valence-electron chi connectivity index (χ4n) is 2.86. The molecule has 1 aromatic carbocycles. The number of sulfone groups is 1. The zero-order valence-corrected chi connectivity index (χ0v) is 12.8. The molecule has 2 unspecified atom stereocenters. The van der Waals surface area contributed by atoms with Crippen molar-refractivity contribution in [3.63, 3.8) is 0 Å². The molecule has 0 saturated heterocycles. The predicted molar refractivity (Wildman–Crippen MR) is 78.1 cm³/mol. The van der Waals surface area contributed by atoms with Gasteiger partial charge in [0.25, 0.3) is 0 Å². The lowest BCUT2D eigenvalue weighted by Gasteiger charge is -2.20. The SMILES string of the molecule is CCCNC1c2cc(C)ccc2S(=O)(=O)C1CCC. The summed E-state index contributed by atoms with van der Waals surface area (Å²) in [5, 5.41) is 3.12. The molecule has 1 N–H and O–H groups in total. The third-order valence-electron chi connectivity index (χ3n) is 3.76. The van der Waals surface area contributed by atoms with Crippen LogP contribution in [-0.2, 0) is 9.84 Å². The summed E-state index contributed by atoms with van der Waals surface area (Å²) in [6.45, 7) is 7.01. The highest BCUT2D eigenvalue weighted by atomic mass is 32.2. The minimum atomic E-state index is -3.17. The van der Waals surface area contributed by atoms with E-state index >= 15 is 0 Å². The van der Waals surface area contributed by atoms with Crippen LogP contribution in [-0.4, -0.2) is 20.2 Å². The Morgan fingerprint density at radius 2 is 1.95 bits per heavy atom. The Bertz CT molecular complexity index is 551. The van der Waals surface area contributed by atoms with E-state index in [1.165, 1.54) is 0 Å². The number of benzene rings is 1. The fourth-order valence-corrected chi connectivity index (χ4v) is 5.11. The topological polar surface area (TPSA) is 46.2 Å². The average Bonchev–Trinajstić information content (AvgIpc) is 2.56. The van der Waals surface area contributed by atoms with Crippen molar-refractivity contribution in [1.82, 2.24) is 5.32 Å². The largest absolute Gasteiger partial charge is 0.309 e. The van der Waals surface area contributed by atoms with Crippen molar-refractivity contribution in [2.45, 2.75) is 56.2 Å². The normalized spacial score (nSPS) is 24.4. The smallest absolute Gasteiger partial charge is 0.183 e. The van der Waals surface area contributed by atoms with E-state index in [0.717, 1.165) is 36.9 Å². The standard InChI is InChI=1S/C15H23NO2S/c1-4-6-14-15(16-9-5-2)12-10-11(3)7-8-13(12)19(14,17)18/h7-8,10,14-16H,4-6,9H2,1-3H3. The van der Waals surface area contributed by atoms with Gasteiger partial charge in [0, 0.05) is 0 Å². The maximum atomic E-state index is 12.6. The summed E-state index contributed by atoms with van der Waals surface area (Å²) < 4.78 is 25.2. The first kappa shape index (κ1) is 14.5. The molecule has 0 saturated carbocycles. The summed E-state index contributed by atoms with van der Waals surface area (Å²) in [5.41, 5.74) is 2.08. The Kier molecular flexibility index (Phi) is 4.31. The second-order valence-electron chi connectivity index (χ2n) is 5.35. The van der Waals surface area contributed by atoms with Crippen molar-refractivity contribution < 1.29 is 8.42 Å². The highest BCUT2D eigenvalue weighted by Gasteiger charge is 2.43. The van der Waals surface area contributed by atoms with Gasteiger partial charge in [0.05, 0.1) is 16.2 Å². The Labute approximate surface area is 116 Å². The van der Waals surface area contributed by atoms with E-state index in [0.29, 0.717) is 4.90 Å². The Morgan fingerprint density at radius 3 is 2.58 bits per heavy atom. The summed E-state index contributed by atoms with van der Waals surface area (Å²) in [7, 11) is -3.17. The van der Waals surface area contributed by atoms with Crippen LogP contribution in [0.1, 0.15) is 50.3 Å². The van der Waals surface area contributed by atoms with Crippen LogP contribution in [0.25, 0.3) is 0 Å². The zero-order chi connectivity index (χ0) is 14.0. The lowest BCUT2D eigenvalue weighted by Crippen LogP contribution is -2.32. The molecule has 0 aliphatic carbocycles. The minimum absolute atomic E-state index is 0.0419. The molecule has 1 aliphatic rings. The molecule has 1 heterocycles. The monoisotopic (exact) mass is 281 g/mol. The Morgan fingerprint density at radius 1 is 1.21 bits per heavy atom. The van der Waals surface area contributed by atoms with Gasteiger partial charge in [-0.15, -0.1) is 0 Å². The molecule has 0 bridgehead atoms. The number of rotatable bonds is 5. The fraction of sp³-hybridized carbons (Fsp3) is 0.600.